The van der Waals surface area contributed by atoms with Crippen LogP contribution in [-0.2, 0) is 0 Å². The Morgan fingerprint density at radius 1 is 0.647 bits per heavy atom. The van der Waals surface area contributed by atoms with Gasteiger partial charge in [0, 0.05) is 4.47 Å². The van der Waals surface area contributed by atoms with E-state index in [4.69, 9.17) is 0 Å². The van der Waals surface area contributed by atoms with Crippen molar-refractivity contribution in [1.82, 2.24) is 0 Å². The molecular formula is C16H13Br. The molecule has 0 heterocycles. The predicted octanol–water partition coefficient (Wildman–Crippen LogP) is 5.18. The molecule has 0 aliphatic carbocycles. The first-order chi connectivity index (χ1) is 8.34. The van der Waals surface area contributed by atoms with Gasteiger partial charge in [-0.3, -0.25) is 0 Å². The second-order valence-corrected chi connectivity index (χ2v) is 4.60. The molecule has 2 aromatic rings. The van der Waals surface area contributed by atoms with Crippen molar-refractivity contribution in [3.63, 3.8) is 0 Å². The van der Waals surface area contributed by atoms with Gasteiger partial charge in [-0.15, -0.1) is 0 Å². The molecule has 0 unspecified atom stereocenters. The van der Waals surface area contributed by atoms with Gasteiger partial charge in [0.2, 0.25) is 0 Å². The molecule has 0 atom stereocenters. The van der Waals surface area contributed by atoms with Crippen molar-refractivity contribution in [1.29, 1.82) is 0 Å². The highest BCUT2D eigenvalue weighted by molar-refractivity contribution is 9.10. The largest absolute Gasteiger partial charge is 0.0622 e. The second kappa shape index (κ2) is 6.21. The summed E-state index contributed by atoms with van der Waals surface area (Å²) in [7, 11) is 0. The van der Waals surface area contributed by atoms with Gasteiger partial charge in [-0.1, -0.05) is 82.7 Å². The summed E-state index contributed by atoms with van der Waals surface area (Å²) < 4.78 is 1.11. The van der Waals surface area contributed by atoms with Crippen LogP contribution in [0.3, 0.4) is 0 Å². The highest BCUT2D eigenvalue weighted by Gasteiger charge is 1.86. The van der Waals surface area contributed by atoms with Gasteiger partial charge in [-0.2, -0.15) is 0 Å². The van der Waals surface area contributed by atoms with Gasteiger partial charge in [-0.25, -0.2) is 0 Å². The van der Waals surface area contributed by atoms with Crippen LogP contribution in [0, 0.1) is 0 Å². The van der Waals surface area contributed by atoms with Crippen LogP contribution >= 0.6 is 15.9 Å². The molecule has 0 N–H and O–H groups in total. The Morgan fingerprint density at radius 3 is 1.76 bits per heavy atom. The molecule has 0 fully saturated rings. The lowest BCUT2D eigenvalue weighted by atomic mass is 10.2. The average Bonchev–Trinajstić information content (AvgIpc) is 2.38. The van der Waals surface area contributed by atoms with Crippen molar-refractivity contribution in [3.8, 4) is 0 Å². The Balaban J connectivity index is 1.98. The van der Waals surface area contributed by atoms with E-state index in [1.165, 1.54) is 11.1 Å². The minimum atomic E-state index is 1.11. The SMILES string of the molecule is Brc1ccc(C=CC=Cc2ccccc2)cc1. The van der Waals surface area contributed by atoms with Gasteiger partial charge >= 0.3 is 0 Å². The fourth-order valence-electron chi connectivity index (χ4n) is 1.47. The maximum atomic E-state index is 3.42. The zero-order valence-corrected chi connectivity index (χ0v) is 11.0. The lowest BCUT2D eigenvalue weighted by Gasteiger charge is -1.92. The highest BCUT2D eigenvalue weighted by Crippen LogP contribution is 2.11. The first-order valence-corrected chi connectivity index (χ1v) is 6.29. The first-order valence-electron chi connectivity index (χ1n) is 5.50. The number of hydrogen-bond donors (Lipinski definition) is 0. The van der Waals surface area contributed by atoms with Crippen molar-refractivity contribution in [2.24, 2.45) is 0 Å². The van der Waals surface area contributed by atoms with Crippen LogP contribution in [-0.4, -0.2) is 0 Å². The van der Waals surface area contributed by atoms with Gasteiger partial charge in [0.25, 0.3) is 0 Å². The maximum absolute atomic E-state index is 3.42. The Labute approximate surface area is 110 Å². The minimum absolute atomic E-state index is 1.11. The van der Waals surface area contributed by atoms with Crippen LogP contribution < -0.4 is 0 Å². The fourth-order valence-corrected chi connectivity index (χ4v) is 1.74. The van der Waals surface area contributed by atoms with Crippen molar-refractivity contribution in [3.05, 3.63) is 82.3 Å². The summed E-state index contributed by atoms with van der Waals surface area (Å²) in [6.45, 7) is 0. The smallest absolute Gasteiger partial charge is 0.0175 e. The molecule has 0 saturated heterocycles. The van der Waals surface area contributed by atoms with Crippen molar-refractivity contribution in [2.45, 2.75) is 0 Å². The summed E-state index contributed by atoms with van der Waals surface area (Å²) in [5.74, 6) is 0. The molecule has 0 bridgehead atoms. The zero-order valence-electron chi connectivity index (χ0n) is 9.38. The van der Waals surface area contributed by atoms with Gasteiger partial charge in [0.15, 0.2) is 0 Å². The third-order valence-corrected chi connectivity index (χ3v) is 2.89. The molecule has 0 aromatic heterocycles. The average molecular weight is 285 g/mol. The van der Waals surface area contributed by atoms with E-state index in [0.29, 0.717) is 0 Å². The third-order valence-electron chi connectivity index (χ3n) is 2.36. The molecule has 0 spiro atoms. The van der Waals surface area contributed by atoms with Crippen LogP contribution in [0.1, 0.15) is 11.1 Å². The molecule has 2 aromatic carbocycles. The highest BCUT2D eigenvalue weighted by atomic mass is 79.9. The van der Waals surface area contributed by atoms with Crippen LogP contribution in [0.4, 0.5) is 0 Å². The third kappa shape index (κ3) is 4.04. The Bertz CT molecular complexity index is 507. The predicted molar refractivity (Wildman–Crippen MR) is 78.7 cm³/mol. The van der Waals surface area contributed by atoms with Gasteiger partial charge in [0.05, 0.1) is 0 Å². The van der Waals surface area contributed by atoms with Crippen molar-refractivity contribution in [2.75, 3.05) is 0 Å². The van der Waals surface area contributed by atoms with Crippen LogP contribution in [0.25, 0.3) is 12.2 Å². The quantitative estimate of drug-likeness (QED) is 0.682. The molecule has 2 rings (SSSR count). The molecule has 0 nitrogen and oxygen atoms in total. The molecular weight excluding hydrogens is 272 g/mol. The van der Waals surface area contributed by atoms with Gasteiger partial charge in [-0.05, 0) is 23.3 Å². The van der Waals surface area contributed by atoms with Crippen LogP contribution in [0.5, 0.6) is 0 Å². The fraction of sp³-hybridized carbons (Fsp3) is 0. The van der Waals surface area contributed by atoms with E-state index in [-0.39, 0.29) is 0 Å². The number of halogens is 1. The lowest BCUT2D eigenvalue weighted by Crippen LogP contribution is -1.70. The molecule has 17 heavy (non-hydrogen) atoms. The molecule has 0 aliphatic rings. The molecule has 0 saturated carbocycles. The lowest BCUT2D eigenvalue weighted by molar-refractivity contribution is 1.61. The summed E-state index contributed by atoms with van der Waals surface area (Å²) in [6, 6.07) is 18.5. The van der Waals surface area contributed by atoms with Crippen LogP contribution in [0.2, 0.25) is 0 Å². The van der Waals surface area contributed by atoms with Crippen molar-refractivity contribution < 1.29 is 0 Å². The van der Waals surface area contributed by atoms with E-state index in [0.717, 1.165) is 4.47 Å². The van der Waals surface area contributed by atoms with E-state index < -0.39 is 0 Å². The first kappa shape index (κ1) is 11.9. The summed E-state index contributed by atoms with van der Waals surface area (Å²) in [4.78, 5) is 0. The standard InChI is InChI=1S/C16H13Br/c17-16-12-10-15(11-13-16)9-5-4-8-14-6-2-1-3-7-14/h1-13H. The van der Waals surface area contributed by atoms with Crippen molar-refractivity contribution >= 4 is 28.1 Å². The van der Waals surface area contributed by atoms with Crippen LogP contribution in [0.15, 0.2) is 71.2 Å². The Morgan fingerprint density at radius 2 is 1.18 bits per heavy atom. The minimum Gasteiger partial charge on any atom is -0.0622 e. The molecule has 0 amide bonds. The Kier molecular flexibility index (Phi) is 4.34. The summed E-state index contributed by atoms with van der Waals surface area (Å²) in [5.41, 5.74) is 2.42. The van der Waals surface area contributed by atoms with E-state index in [2.05, 4.69) is 64.5 Å². The maximum Gasteiger partial charge on any atom is 0.0175 e. The number of hydrogen-bond acceptors (Lipinski definition) is 0. The molecule has 0 radical (unpaired) electrons. The zero-order chi connectivity index (χ0) is 11.9. The summed E-state index contributed by atoms with van der Waals surface area (Å²) in [6.07, 6.45) is 8.29. The van der Waals surface area contributed by atoms with Gasteiger partial charge < -0.3 is 0 Å². The Hall–Kier alpha value is -1.60. The van der Waals surface area contributed by atoms with E-state index >= 15 is 0 Å². The topological polar surface area (TPSA) is 0 Å². The van der Waals surface area contributed by atoms with E-state index in [9.17, 15) is 0 Å². The summed E-state index contributed by atoms with van der Waals surface area (Å²) in [5, 5.41) is 0. The number of benzene rings is 2. The van der Waals surface area contributed by atoms with E-state index in [1.807, 2.05) is 30.3 Å². The number of allylic oxidation sites excluding steroid dienone is 2. The van der Waals surface area contributed by atoms with Gasteiger partial charge in [0.1, 0.15) is 0 Å². The second-order valence-electron chi connectivity index (χ2n) is 3.68. The summed E-state index contributed by atoms with van der Waals surface area (Å²) >= 11 is 3.42. The number of rotatable bonds is 3. The molecule has 0 aliphatic heterocycles. The van der Waals surface area contributed by atoms with E-state index in [1.54, 1.807) is 0 Å². The normalized spacial score (nSPS) is 11.4. The molecule has 1 heteroatoms. The monoisotopic (exact) mass is 284 g/mol. The molecule has 84 valence electrons.